The van der Waals surface area contributed by atoms with E-state index < -0.39 is 6.04 Å². The Balaban J connectivity index is 2.54. The maximum Gasteiger partial charge on any atom is 0.236 e. The molecule has 0 saturated carbocycles. The lowest BCUT2D eigenvalue weighted by molar-refractivity contribution is -0.122. The molecule has 0 fully saturated rings. The van der Waals surface area contributed by atoms with E-state index >= 15 is 0 Å². The molecule has 1 heterocycles. The molecule has 1 aromatic heterocycles. The smallest absolute Gasteiger partial charge is 0.236 e. The summed E-state index contributed by atoms with van der Waals surface area (Å²) in [5.41, 5.74) is 6.01. The lowest BCUT2D eigenvalue weighted by Crippen LogP contribution is -2.37. The Hall–Kier alpha value is -1.07. The molecular formula is C8H13ClN4O. The number of hydrogen-bond acceptors (Lipinski definition) is 3. The van der Waals surface area contributed by atoms with Gasteiger partial charge in [0.15, 0.2) is 0 Å². The molecule has 1 atom stereocenters. The van der Waals surface area contributed by atoms with Crippen molar-refractivity contribution in [3.05, 3.63) is 16.9 Å². The molecule has 5 nitrogen and oxygen atoms in total. The molecule has 6 heteroatoms. The zero-order chi connectivity index (χ0) is 10.7. The zero-order valence-corrected chi connectivity index (χ0v) is 8.88. The molecule has 0 radical (unpaired) electrons. The van der Waals surface area contributed by atoms with Gasteiger partial charge in [0.1, 0.15) is 5.69 Å². The van der Waals surface area contributed by atoms with Crippen molar-refractivity contribution in [2.24, 2.45) is 12.8 Å². The number of nitrogens with zero attached hydrogens (tertiary/aromatic N) is 2. The monoisotopic (exact) mass is 216 g/mol. The van der Waals surface area contributed by atoms with Gasteiger partial charge in [-0.3, -0.25) is 9.48 Å². The molecule has 14 heavy (non-hydrogen) atoms. The highest BCUT2D eigenvalue weighted by molar-refractivity contribution is 6.31. The first-order valence-corrected chi connectivity index (χ1v) is 4.60. The number of nitrogens with two attached hydrogens (primary N) is 1. The van der Waals surface area contributed by atoms with Crippen LogP contribution in [0.15, 0.2) is 6.20 Å². The van der Waals surface area contributed by atoms with Crippen molar-refractivity contribution in [3.63, 3.8) is 0 Å². The van der Waals surface area contributed by atoms with E-state index in [9.17, 15) is 4.79 Å². The standard InChI is InChI=1S/C8H13ClN4O/c1-5(10)8(14)11-3-7-6(9)4-13(2)12-7/h4-5H,3,10H2,1-2H3,(H,11,14)/t5-/m0/s1. The Bertz CT molecular complexity index is 334. The summed E-state index contributed by atoms with van der Waals surface area (Å²) in [5.74, 6) is -0.216. The fraction of sp³-hybridized carbons (Fsp3) is 0.500. The number of hydrogen-bond donors (Lipinski definition) is 2. The second kappa shape index (κ2) is 4.43. The summed E-state index contributed by atoms with van der Waals surface area (Å²) < 4.78 is 1.59. The lowest BCUT2D eigenvalue weighted by atomic mass is 10.3. The number of aryl methyl sites for hydroxylation is 1. The van der Waals surface area contributed by atoms with E-state index in [0.29, 0.717) is 17.3 Å². The van der Waals surface area contributed by atoms with Crippen LogP contribution >= 0.6 is 11.6 Å². The molecule has 0 bridgehead atoms. The van der Waals surface area contributed by atoms with Crippen LogP contribution in [0.3, 0.4) is 0 Å². The van der Waals surface area contributed by atoms with Crippen molar-refractivity contribution in [2.45, 2.75) is 19.5 Å². The molecule has 1 rings (SSSR count). The zero-order valence-electron chi connectivity index (χ0n) is 8.12. The van der Waals surface area contributed by atoms with Crippen molar-refractivity contribution < 1.29 is 4.79 Å². The molecule has 0 aliphatic rings. The summed E-state index contributed by atoms with van der Waals surface area (Å²) in [7, 11) is 1.77. The fourth-order valence-corrected chi connectivity index (χ4v) is 1.20. The van der Waals surface area contributed by atoms with Gasteiger partial charge < -0.3 is 11.1 Å². The van der Waals surface area contributed by atoms with Crippen LogP contribution in [0.2, 0.25) is 5.02 Å². The number of aromatic nitrogens is 2. The van der Waals surface area contributed by atoms with Crippen LogP contribution in [0.1, 0.15) is 12.6 Å². The van der Waals surface area contributed by atoms with Gasteiger partial charge in [0.2, 0.25) is 5.91 Å². The van der Waals surface area contributed by atoms with Gasteiger partial charge in [0, 0.05) is 13.2 Å². The number of carbonyl (C=O) groups is 1. The fourth-order valence-electron chi connectivity index (χ4n) is 0.957. The summed E-state index contributed by atoms with van der Waals surface area (Å²) >= 11 is 5.84. The van der Waals surface area contributed by atoms with Crippen molar-refractivity contribution in [1.29, 1.82) is 0 Å². The van der Waals surface area contributed by atoms with E-state index in [0.717, 1.165) is 0 Å². The van der Waals surface area contributed by atoms with Gasteiger partial charge in [-0.05, 0) is 6.92 Å². The molecule has 1 amide bonds. The Morgan fingerprint density at radius 1 is 1.86 bits per heavy atom. The Morgan fingerprint density at radius 3 is 2.93 bits per heavy atom. The maximum absolute atomic E-state index is 11.1. The number of amides is 1. The van der Waals surface area contributed by atoms with Crippen molar-refractivity contribution in [1.82, 2.24) is 15.1 Å². The molecule has 0 aliphatic carbocycles. The summed E-state index contributed by atoms with van der Waals surface area (Å²) in [5, 5.41) is 7.24. The first-order valence-electron chi connectivity index (χ1n) is 4.22. The molecule has 0 saturated heterocycles. The van der Waals surface area contributed by atoms with Crippen LogP contribution < -0.4 is 11.1 Å². The largest absolute Gasteiger partial charge is 0.349 e. The molecule has 1 aromatic rings. The van der Waals surface area contributed by atoms with Gasteiger partial charge in [-0.15, -0.1) is 0 Å². The van der Waals surface area contributed by atoms with Crippen LogP contribution in [0.5, 0.6) is 0 Å². The normalized spacial score (nSPS) is 12.6. The molecule has 78 valence electrons. The summed E-state index contributed by atoms with van der Waals surface area (Å²) in [6.45, 7) is 1.93. The Kier molecular flexibility index (Phi) is 3.49. The van der Waals surface area contributed by atoms with Crippen LogP contribution in [0.25, 0.3) is 0 Å². The van der Waals surface area contributed by atoms with E-state index in [2.05, 4.69) is 10.4 Å². The average Bonchev–Trinajstić information content (AvgIpc) is 2.40. The second-order valence-corrected chi connectivity index (χ2v) is 3.51. The molecule has 0 aromatic carbocycles. The average molecular weight is 217 g/mol. The first-order chi connectivity index (χ1) is 6.50. The highest BCUT2D eigenvalue weighted by Gasteiger charge is 2.09. The van der Waals surface area contributed by atoms with Gasteiger partial charge >= 0.3 is 0 Å². The quantitative estimate of drug-likeness (QED) is 0.749. The SMILES string of the molecule is C[C@H](N)C(=O)NCc1nn(C)cc1Cl. The van der Waals surface area contributed by atoms with Gasteiger partial charge in [0.05, 0.1) is 17.6 Å². The highest BCUT2D eigenvalue weighted by Crippen LogP contribution is 2.12. The van der Waals surface area contributed by atoms with Crippen molar-refractivity contribution in [2.75, 3.05) is 0 Å². The molecule has 0 unspecified atom stereocenters. The second-order valence-electron chi connectivity index (χ2n) is 3.10. The Labute approximate surface area is 87.2 Å². The lowest BCUT2D eigenvalue weighted by Gasteiger charge is -2.05. The van der Waals surface area contributed by atoms with Crippen molar-refractivity contribution >= 4 is 17.5 Å². The van der Waals surface area contributed by atoms with E-state index in [-0.39, 0.29) is 5.91 Å². The third kappa shape index (κ3) is 2.71. The third-order valence-electron chi connectivity index (χ3n) is 1.70. The van der Waals surface area contributed by atoms with Gasteiger partial charge in [-0.25, -0.2) is 0 Å². The summed E-state index contributed by atoms with van der Waals surface area (Å²) in [6.07, 6.45) is 1.68. The maximum atomic E-state index is 11.1. The molecule has 0 spiro atoms. The predicted octanol–water partition coefficient (Wildman–Crippen LogP) is 0.0369. The van der Waals surface area contributed by atoms with E-state index in [1.54, 1.807) is 24.9 Å². The minimum atomic E-state index is -0.516. The number of halogens is 1. The van der Waals surface area contributed by atoms with Crippen LogP contribution in [-0.4, -0.2) is 21.7 Å². The van der Waals surface area contributed by atoms with Crippen LogP contribution in [0.4, 0.5) is 0 Å². The van der Waals surface area contributed by atoms with Crippen LogP contribution in [-0.2, 0) is 18.4 Å². The molecule has 0 aliphatic heterocycles. The highest BCUT2D eigenvalue weighted by atomic mass is 35.5. The van der Waals surface area contributed by atoms with Gasteiger partial charge in [0.25, 0.3) is 0 Å². The molecule has 3 N–H and O–H groups in total. The van der Waals surface area contributed by atoms with Crippen LogP contribution in [0, 0.1) is 0 Å². The molecular weight excluding hydrogens is 204 g/mol. The van der Waals surface area contributed by atoms with Gasteiger partial charge in [-0.2, -0.15) is 5.10 Å². The summed E-state index contributed by atoms with van der Waals surface area (Å²) in [4.78, 5) is 11.1. The predicted molar refractivity (Wildman–Crippen MR) is 53.7 cm³/mol. The number of nitrogens with one attached hydrogen (secondary N) is 1. The Morgan fingerprint density at radius 2 is 2.50 bits per heavy atom. The topological polar surface area (TPSA) is 72.9 Å². The van der Waals surface area contributed by atoms with E-state index in [1.807, 2.05) is 0 Å². The minimum absolute atomic E-state index is 0.216. The first kappa shape index (κ1) is 11.0. The van der Waals surface area contributed by atoms with Gasteiger partial charge in [-0.1, -0.05) is 11.6 Å². The number of rotatable bonds is 3. The summed E-state index contributed by atoms with van der Waals surface area (Å²) in [6, 6.07) is -0.516. The van der Waals surface area contributed by atoms with E-state index in [4.69, 9.17) is 17.3 Å². The third-order valence-corrected chi connectivity index (χ3v) is 2.01. The van der Waals surface area contributed by atoms with E-state index in [1.165, 1.54) is 0 Å². The van der Waals surface area contributed by atoms with Crippen molar-refractivity contribution in [3.8, 4) is 0 Å². The number of carbonyl (C=O) groups excluding carboxylic acids is 1. The minimum Gasteiger partial charge on any atom is -0.349 e.